The fourth-order valence-corrected chi connectivity index (χ4v) is 2.93. The van der Waals surface area contributed by atoms with Crippen LogP contribution in [-0.4, -0.2) is 10.9 Å². The number of aromatic amines is 1. The monoisotopic (exact) mass is 336 g/mol. The molecule has 1 aromatic carbocycles. The summed E-state index contributed by atoms with van der Waals surface area (Å²) in [6, 6.07) is 7.33. The number of carbonyl (C=O) groups is 1. The zero-order chi connectivity index (χ0) is 17.5. The lowest BCUT2D eigenvalue weighted by atomic mass is 10.0. The molecule has 2 aromatic rings. The third-order valence-corrected chi connectivity index (χ3v) is 4.14. The van der Waals surface area contributed by atoms with Gasteiger partial charge in [0.2, 0.25) is 0 Å². The van der Waals surface area contributed by atoms with Crippen molar-refractivity contribution in [2.45, 2.75) is 32.0 Å². The second-order valence-electron chi connectivity index (χ2n) is 5.88. The van der Waals surface area contributed by atoms with Crippen LogP contribution in [0.15, 0.2) is 35.1 Å². The Morgan fingerprint density at radius 3 is 2.67 bits per heavy atom. The number of amides is 1. The third-order valence-electron chi connectivity index (χ3n) is 4.14. The number of aromatic nitrogens is 1. The minimum atomic E-state index is -4.66. The van der Waals surface area contributed by atoms with Gasteiger partial charge in [0, 0.05) is 0 Å². The number of halogens is 3. The molecule has 1 unspecified atom stereocenters. The molecule has 0 spiro atoms. The fourth-order valence-electron chi connectivity index (χ4n) is 2.93. The number of benzene rings is 1. The van der Waals surface area contributed by atoms with Crippen LogP contribution in [0.1, 0.15) is 45.2 Å². The van der Waals surface area contributed by atoms with Gasteiger partial charge in [0.15, 0.2) is 0 Å². The second kappa shape index (κ2) is 5.81. The largest absolute Gasteiger partial charge is 0.431 e. The molecule has 1 aromatic heterocycles. The Morgan fingerprint density at radius 1 is 1.25 bits per heavy atom. The van der Waals surface area contributed by atoms with E-state index in [2.05, 4.69) is 5.32 Å². The molecule has 0 bridgehead atoms. The summed E-state index contributed by atoms with van der Waals surface area (Å²) in [7, 11) is 0. The van der Waals surface area contributed by atoms with E-state index in [9.17, 15) is 22.8 Å². The second-order valence-corrected chi connectivity index (χ2v) is 5.88. The van der Waals surface area contributed by atoms with Crippen LogP contribution in [0.3, 0.4) is 0 Å². The molecule has 2 N–H and O–H groups in total. The molecule has 4 nitrogen and oxygen atoms in total. The van der Waals surface area contributed by atoms with Crippen molar-refractivity contribution in [3.05, 3.63) is 68.6 Å². The average Bonchev–Trinajstić information content (AvgIpc) is 2.88. The van der Waals surface area contributed by atoms with Crippen molar-refractivity contribution < 1.29 is 18.0 Å². The molecule has 0 fully saturated rings. The summed E-state index contributed by atoms with van der Waals surface area (Å²) in [4.78, 5) is 25.8. The Hall–Kier alpha value is -2.57. The van der Waals surface area contributed by atoms with Gasteiger partial charge in [0.05, 0.1) is 6.04 Å². The average molecular weight is 336 g/mol. The molecule has 0 aliphatic heterocycles. The number of nitrogens with one attached hydrogen (secondary N) is 2. The first-order valence-electron chi connectivity index (χ1n) is 7.46. The number of alkyl halides is 3. The quantitative estimate of drug-likeness (QED) is 0.885. The first-order valence-corrected chi connectivity index (χ1v) is 7.46. The third kappa shape index (κ3) is 3.06. The van der Waals surface area contributed by atoms with E-state index < -0.39 is 23.3 Å². The summed E-state index contributed by atoms with van der Waals surface area (Å²) in [5, 5.41) is 2.74. The van der Waals surface area contributed by atoms with Gasteiger partial charge in [0.1, 0.15) is 11.3 Å². The lowest BCUT2D eigenvalue weighted by Crippen LogP contribution is -2.32. The molecule has 1 aliphatic carbocycles. The summed E-state index contributed by atoms with van der Waals surface area (Å²) < 4.78 is 37.7. The van der Waals surface area contributed by atoms with Crippen molar-refractivity contribution in [3.8, 4) is 0 Å². The highest BCUT2D eigenvalue weighted by atomic mass is 19.4. The summed E-state index contributed by atoms with van der Waals surface area (Å²) >= 11 is 0. The van der Waals surface area contributed by atoms with Gasteiger partial charge in [-0.25, -0.2) is 0 Å². The van der Waals surface area contributed by atoms with Gasteiger partial charge >= 0.3 is 6.18 Å². The first-order chi connectivity index (χ1) is 11.3. The number of hydrogen-bond donors (Lipinski definition) is 2. The van der Waals surface area contributed by atoms with Crippen LogP contribution >= 0.6 is 0 Å². The normalized spacial score (nSPS) is 16.8. The van der Waals surface area contributed by atoms with Crippen LogP contribution in [0, 0.1) is 6.92 Å². The topological polar surface area (TPSA) is 62.0 Å². The highest BCUT2D eigenvalue weighted by Gasteiger charge is 2.32. The lowest BCUT2D eigenvalue weighted by molar-refractivity contribution is -0.141. The van der Waals surface area contributed by atoms with E-state index in [-0.39, 0.29) is 11.6 Å². The van der Waals surface area contributed by atoms with E-state index >= 15 is 0 Å². The van der Waals surface area contributed by atoms with Gasteiger partial charge in [-0.05, 0) is 43.0 Å². The van der Waals surface area contributed by atoms with Gasteiger partial charge in [0.25, 0.3) is 11.5 Å². The summed E-state index contributed by atoms with van der Waals surface area (Å²) in [6.07, 6.45) is -3.15. The van der Waals surface area contributed by atoms with Gasteiger partial charge in [-0.15, -0.1) is 0 Å². The number of H-pyrrole nitrogens is 1. The number of rotatable bonds is 2. The molecule has 0 saturated carbocycles. The molecule has 24 heavy (non-hydrogen) atoms. The molecule has 0 saturated heterocycles. The van der Waals surface area contributed by atoms with Crippen molar-refractivity contribution in [1.82, 2.24) is 10.3 Å². The van der Waals surface area contributed by atoms with Crippen LogP contribution in [0.4, 0.5) is 13.2 Å². The Kier molecular flexibility index (Phi) is 3.95. The molecule has 3 rings (SSSR count). The molecule has 1 atom stereocenters. The molecule has 7 heteroatoms. The maximum Gasteiger partial charge on any atom is 0.431 e. The van der Waals surface area contributed by atoms with Gasteiger partial charge in [-0.2, -0.15) is 13.2 Å². The minimum absolute atomic E-state index is 0.242. The number of carbonyl (C=O) groups excluding carboxylic acids is 1. The van der Waals surface area contributed by atoms with Crippen molar-refractivity contribution in [1.29, 1.82) is 0 Å². The standard InChI is InChI=1S/C17H15F3N2O2/c1-9-2-3-10-4-6-13(12(10)8-9)21-15(23)11-5-7-14(17(18,19)20)22-16(11)24/h2-3,5,7-8,13H,4,6H2,1H3,(H,21,23)(H,22,24). The van der Waals surface area contributed by atoms with Crippen molar-refractivity contribution >= 4 is 5.91 Å². The minimum Gasteiger partial charge on any atom is -0.345 e. The Bertz CT molecular complexity index is 856. The molecule has 1 aliphatic rings. The maximum absolute atomic E-state index is 12.6. The van der Waals surface area contributed by atoms with Crippen LogP contribution in [-0.2, 0) is 12.6 Å². The van der Waals surface area contributed by atoms with Crippen LogP contribution in [0.5, 0.6) is 0 Å². The Balaban J connectivity index is 1.82. The van der Waals surface area contributed by atoms with E-state index in [4.69, 9.17) is 0 Å². The number of aryl methyl sites for hydroxylation is 2. The van der Waals surface area contributed by atoms with E-state index in [1.54, 1.807) is 4.98 Å². The van der Waals surface area contributed by atoms with Gasteiger partial charge in [-0.3, -0.25) is 9.59 Å². The van der Waals surface area contributed by atoms with Crippen molar-refractivity contribution in [3.63, 3.8) is 0 Å². The zero-order valence-corrected chi connectivity index (χ0v) is 12.8. The van der Waals surface area contributed by atoms with Crippen LogP contribution in [0.25, 0.3) is 0 Å². The van der Waals surface area contributed by atoms with Crippen LogP contribution in [0.2, 0.25) is 0 Å². The van der Waals surface area contributed by atoms with Gasteiger partial charge in [-0.1, -0.05) is 23.8 Å². The summed E-state index contributed by atoms with van der Waals surface area (Å²) in [5.41, 5.74) is 0.626. The Morgan fingerprint density at radius 2 is 2.00 bits per heavy atom. The predicted octanol–water partition coefficient (Wildman–Crippen LogP) is 3.12. The smallest absolute Gasteiger partial charge is 0.345 e. The van der Waals surface area contributed by atoms with Gasteiger partial charge < -0.3 is 10.3 Å². The molecule has 1 amide bonds. The molecular weight excluding hydrogens is 321 g/mol. The predicted molar refractivity (Wildman–Crippen MR) is 81.8 cm³/mol. The van der Waals surface area contributed by atoms with Crippen LogP contribution < -0.4 is 10.9 Å². The van der Waals surface area contributed by atoms with E-state index in [0.29, 0.717) is 12.5 Å². The number of hydrogen-bond acceptors (Lipinski definition) is 2. The summed E-state index contributed by atoms with van der Waals surface area (Å²) in [6.45, 7) is 1.94. The van der Waals surface area contributed by atoms with E-state index in [1.807, 2.05) is 25.1 Å². The van der Waals surface area contributed by atoms with Crippen molar-refractivity contribution in [2.75, 3.05) is 0 Å². The zero-order valence-electron chi connectivity index (χ0n) is 12.8. The fraction of sp³-hybridized carbons (Fsp3) is 0.294. The Labute approximate surface area is 135 Å². The van der Waals surface area contributed by atoms with E-state index in [1.165, 1.54) is 0 Å². The number of fused-ring (bicyclic) bond motifs is 1. The lowest BCUT2D eigenvalue weighted by Gasteiger charge is -2.15. The highest BCUT2D eigenvalue weighted by molar-refractivity contribution is 5.94. The van der Waals surface area contributed by atoms with E-state index in [0.717, 1.165) is 29.2 Å². The molecular formula is C17H15F3N2O2. The number of pyridine rings is 1. The van der Waals surface area contributed by atoms with Crippen molar-refractivity contribution in [2.24, 2.45) is 0 Å². The highest BCUT2D eigenvalue weighted by Crippen LogP contribution is 2.32. The summed E-state index contributed by atoms with van der Waals surface area (Å²) in [5.74, 6) is -0.677. The SMILES string of the molecule is Cc1ccc2c(c1)C(NC(=O)c1ccc(C(F)(F)F)[nH]c1=O)CC2. The molecule has 0 radical (unpaired) electrons. The molecule has 126 valence electrons. The maximum atomic E-state index is 12.6. The first kappa shape index (κ1) is 16.3. The molecule has 1 heterocycles.